The highest BCUT2D eigenvalue weighted by atomic mass is 16.4. The van der Waals surface area contributed by atoms with Crippen LogP contribution in [-0.2, 0) is 31.1 Å². The molecule has 1 aromatic heterocycles. The molecule has 0 bridgehead atoms. The molecule has 0 radical (unpaired) electrons. The van der Waals surface area contributed by atoms with Crippen LogP contribution in [0.1, 0.15) is 29.8 Å². The van der Waals surface area contributed by atoms with Crippen LogP contribution in [0.2, 0.25) is 0 Å². The van der Waals surface area contributed by atoms with Crippen molar-refractivity contribution in [2.45, 2.75) is 32.1 Å². The molecule has 0 spiro atoms. The molecule has 1 aromatic carbocycles. The topological polar surface area (TPSA) is 68.0 Å². The number of hydrogen-bond acceptors (Lipinski definition) is 3. The highest BCUT2D eigenvalue weighted by molar-refractivity contribution is 5.67. The van der Waals surface area contributed by atoms with E-state index >= 15 is 0 Å². The third-order valence-electron chi connectivity index (χ3n) is 3.77. The first kappa shape index (κ1) is 12.8. The number of fused-ring (bicyclic) bond motifs is 1. The number of aryl methyl sites for hydroxylation is 4. The molecule has 0 atom stereocenters. The number of aliphatic carboxylic acids is 1. The molecular formula is C15H17N3O2. The smallest absolute Gasteiger partial charge is 0.303 e. The van der Waals surface area contributed by atoms with Crippen molar-refractivity contribution in [3.05, 3.63) is 35.2 Å². The Morgan fingerprint density at radius 3 is 2.95 bits per heavy atom. The minimum atomic E-state index is -0.813. The molecule has 1 aliphatic rings. The van der Waals surface area contributed by atoms with Crippen molar-refractivity contribution >= 4 is 5.97 Å². The van der Waals surface area contributed by atoms with Crippen LogP contribution in [0.5, 0.6) is 0 Å². The van der Waals surface area contributed by atoms with Crippen LogP contribution in [0, 0.1) is 0 Å². The molecule has 0 saturated carbocycles. The van der Waals surface area contributed by atoms with Gasteiger partial charge in [0.2, 0.25) is 0 Å². The van der Waals surface area contributed by atoms with Gasteiger partial charge in [-0.05, 0) is 36.5 Å². The Bertz CT molecular complexity index is 661. The van der Waals surface area contributed by atoms with E-state index in [0.29, 0.717) is 18.1 Å². The predicted molar refractivity (Wildman–Crippen MR) is 74.4 cm³/mol. The molecule has 1 aliphatic carbocycles. The van der Waals surface area contributed by atoms with E-state index in [1.165, 1.54) is 17.5 Å². The Labute approximate surface area is 117 Å². The van der Waals surface area contributed by atoms with Crippen LogP contribution in [0.15, 0.2) is 18.2 Å². The summed E-state index contributed by atoms with van der Waals surface area (Å²) in [6, 6.07) is 6.38. The van der Waals surface area contributed by atoms with Crippen molar-refractivity contribution in [1.29, 1.82) is 0 Å². The van der Waals surface area contributed by atoms with E-state index < -0.39 is 5.97 Å². The fourth-order valence-corrected chi connectivity index (χ4v) is 2.69. The molecule has 20 heavy (non-hydrogen) atoms. The molecule has 0 unspecified atom stereocenters. The molecule has 5 nitrogen and oxygen atoms in total. The van der Waals surface area contributed by atoms with Gasteiger partial charge in [-0.3, -0.25) is 9.48 Å². The number of carboxylic acids is 1. The lowest BCUT2D eigenvalue weighted by Crippen LogP contribution is -2.03. The molecule has 3 rings (SSSR count). The highest BCUT2D eigenvalue weighted by Gasteiger charge is 2.15. The van der Waals surface area contributed by atoms with Crippen LogP contribution in [-0.4, -0.2) is 25.8 Å². The first-order valence-electron chi connectivity index (χ1n) is 6.87. The average Bonchev–Trinajstić information content (AvgIpc) is 3.01. The predicted octanol–water partition coefficient (Wildman–Crippen LogP) is 1.99. The Balaban J connectivity index is 1.87. The van der Waals surface area contributed by atoms with Gasteiger partial charge in [-0.1, -0.05) is 12.1 Å². The Hall–Kier alpha value is -2.17. The van der Waals surface area contributed by atoms with E-state index in [4.69, 9.17) is 5.11 Å². The second-order valence-electron chi connectivity index (χ2n) is 5.21. The lowest BCUT2D eigenvalue weighted by molar-refractivity contribution is -0.137. The van der Waals surface area contributed by atoms with E-state index in [9.17, 15) is 4.79 Å². The van der Waals surface area contributed by atoms with Crippen molar-refractivity contribution in [3.8, 4) is 11.4 Å². The summed E-state index contributed by atoms with van der Waals surface area (Å²) in [7, 11) is 1.81. The van der Waals surface area contributed by atoms with E-state index in [0.717, 1.165) is 18.4 Å². The van der Waals surface area contributed by atoms with Gasteiger partial charge in [-0.25, -0.2) is 4.98 Å². The number of nitrogens with zero attached hydrogens (tertiary/aromatic N) is 3. The summed E-state index contributed by atoms with van der Waals surface area (Å²) in [5.41, 5.74) is 3.83. The second-order valence-corrected chi connectivity index (χ2v) is 5.21. The van der Waals surface area contributed by atoms with Crippen LogP contribution < -0.4 is 0 Å². The molecular weight excluding hydrogens is 254 g/mol. The maximum Gasteiger partial charge on any atom is 0.303 e. The van der Waals surface area contributed by atoms with Gasteiger partial charge in [0, 0.05) is 19.0 Å². The minimum absolute atomic E-state index is 0.0795. The Morgan fingerprint density at radius 2 is 2.15 bits per heavy atom. The largest absolute Gasteiger partial charge is 0.481 e. The van der Waals surface area contributed by atoms with Crippen LogP contribution in [0.4, 0.5) is 0 Å². The van der Waals surface area contributed by atoms with Crippen molar-refractivity contribution in [2.24, 2.45) is 7.05 Å². The number of hydrogen-bond donors (Lipinski definition) is 1. The normalized spacial score (nSPS) is 13.4. The SMILES string of the molecule is Cn1nc(-c2ccc3c(c2)CCC3)nc1CCC(=O)O. The maximum absolute atomic E-state index is 10.6. The third kappa shape index (κ3) is 2.43. The summed E-state index contributed by atoms with van der Waals surface area (Å²) < 4.78 is 1.67. The molecule has 0 aliphatic heterocycles. The van der Waals surface area contributed by atoms with Gasteiger partial charge in [0.25, 0.3) is 0 Å². The monoisotopic (exact) mass is 271 g/mol. The third-order valence-corrected chi connectivity index (χ3v) is 3.77. The number of rotatable bonds is 4. The summed E-state index contributed by atoms with van der Waals surface area (Å²) in [6.45, 7) is 0. The average molecular weight is 271 g/mol. The second kappa shape index (κ2) is 5.07. The fourth-order valence-electron chi connectivity index (χ4n) is 2.69. The van der Waals surface area contributed by atoms with Gasteiger partial charge in [0.05, 0.1) is 6.42 Å². The number of carboxylic acid groups (broad SMARTS) is 1. The van der Waals surface area contributed by atoms with Crippen LogP contribution in [0.3, 0.4) is 0 Å². The van der Waals surface area contributed by atoms with E-state index in [1.807, 2.05) is 0 Å². The maximum atomic E-state index is 10.6. The summed E-state index contributed by atoms with van der Waals surface area (Å²) in [5, 5.41) is 13.1. The number of aromatic nitrogens is 3. The molecule has 5 heteroatoms. The number of benzene rings is 1. The van der Waals surface area contributed by atoms with E-state index in [2.05, 4.69) is 28.3 Å². The van der Waals surface area contributed by atoms with Crippen LogP contribution in [0.25, 0.3) is 11.4 Å². The zero-order chi connectivity index (χ0) is 14.1. The molecule has 104 valence electrons. The van der Waals surface area contributed by atoms with Crippen LogP contribution >= 0.6 is 0 Å². The summed E-state index contributed by atoms with van der Waals surface area (Å²) in [5.74, 6) is 0.581. The summed E-state index contributed by atoms with van der Waals surface area (Å²) in [4.78, 5) is 15.1. The van der Waals surface area contributed by atoms with Gasteiger partial charge in [-0.15, -0.1) is 0 Å². The lowest BCUT2D eigenvalue weighted by atomic mass is 10.1. The summed E-state index contributed by atoms with van der Waals surface area (Å²) in [6.07, 6.45) is 4.00. The molecule has 0 fully saturated rings. The molecule has 1 N–H and O–H groups in total. The van der Waals surface area contributed by atoms with Gasteiger partial charge in [0.15, 0.2) is 5.82 Å². The summed E-state index contributed by atoms with van der Waals surface area (Å²) >= 11 is 0. The lowest BCUT2D eigenvalue weighted by Gasteiger charge is -2.00. The standard InChI is InChI=1S/C15H17N3O2/c1-18-13(7-8-14(19)20)16-15(17-18)12-6-5-10-3-2-4-11(10)9-12/h5-6,9H,2-4,7-8H2,1H3,(H,19,20). The first-order valence-corrected chi connectivity index (χ1v) is 6.87. The van der Waals surface area contributed by atoms with Crippen molar-refractivity contribution in [1.82, 2.24) is 14.8 Å². The minimum Gasteiger partial charge on any atom is -0.481 e. The van der Waals surface area contributed by atoms with Gasteiger partial charge >= 0.3 is 5.97 Å². The molecule has 2 aromatic rings. The molecule has 0 amide bonds. The van der Waals surface area contributed by atoms with E-state index in [1.54, 1.807) is 11.7 Å². The van der Waals surface area contributed by atoms with Gasteiger partial charge in [0.1, 0.15) is 5.82 Å². The van der Waals surface area contributed by atoms with Crippen molar-refractivity contribution in [2.75, 3.05) is 0 Å². The van der Waals surface area contributed by atoms with Gasteiger partial charge in [-0.2, -0.15) is 5.10 Å². The number of carbonyl (C=O) groups is 1. The van der Waals surface area contributed by atoms with Crippen molar-refractivity contribution < 1.29 is 9.90 Å². The molecule has 0 saturated heterocycles. The zero-order valence-corrected chi connectivity index (χ0v) is 11.5. The zero-order valence-electron chi connectivity index (χ0n) is 11.5. The first-order chi connectivity index (χ1) is 9.63. The quantitative estimate of drug-likeness (QED) is 0.923. The molecule has 1 heterocycles. The Morgan fingerprint density at radius 1 is 1.35 bits per heavy atom. The van der Waals surface area contributed by atoms with Crippen molar-refractivity contribution in [3.63, 3.8) is 0 Å². The Kier molecular flexibility index (Phi) is 3.26. The highest BCUT2D eigenvalue weighted by Crippen LogP contribution is 2.26. The van der Waals surface area contributed by atoms with Gasteiger partial charge < -0.3 is 5.11 Å². The fraction of sp³-hybridized carbons (Fsp3) is 0.400. The van der Waals surface area contributed by atoms with E-state index in [-0.39, 0.29) is 6.42 Å².